The van der Waals surface area contributed by atoms with E-state index in [4.69, 9.17) is 10.5 Å². The number of nitrogens with two attached hydrogens (primary N) is 1. The molecule has 1 unspecified atom stereocenters. The van der Waals surface area contributed by atoms with Gasteiger partial charge in [-0.05, 0) is 32.3 Å². The first-order valence-corrected chi connectivity index (χ1v) is 5.97. The van der Waals surface area contributed by atoms with Crippen LogP contribution in [0.3, 0.4) is 0 Å². The van der Waals surface area contributed by atoms with Crippen LogP contribution in [0.2, 0.25) is 0 Å². The Morgan fingerprint density at radius 3 is 2.24 bits per heavy atom. The van der Waals surface area contributed by atoms with E-state index in [2.05, 4.69) is 0 Å². The number of rotatable bonds is 6. The van der Waals surface area contributed by atoms with Crippen LogP contribution < -0.4 is 5.73 Å². The number of aliphatic hydroxyl groups is 1. The van der Waals surface area contributed by atoms with Gasteiger partial charge in [-0.3, -0.25) is 0 Å². The van der Waals surface area contributed by atoms with E-state index in [1.807, 2.05) is 44.2 Å². The summed E-state index contributed by atoms with van der Waals surface area (Å²) in [4.78, 5) is 0. The molecule has 0 bridgehead atoms. The Morgan fingerprint density at radius 2 is 1.76 bits per heavy atom. The SMILES string of the molecule is COC(C)(C)CCC(O)(CN)c1ccccc1. The molecule has 0 aliphatic carbocycles. The standard InChI is InChI=1S/C14H23NO2/c1-13(2,17-3)9-10-14(16,11-15)12-7-5-4-6-8-12/h4-8,16H,9-11,15H2,1-3H3. The van der Waals surface area contributed by atoms with Crippen molar-refractivity contribution >= 4 is 0 Å². The van der Waals surface area contributed by atoms with Crippen molar-refractivity contribution in [1.29, 1.82) is 0 Å². The van der Waals surface area contributed by atoms with Crippen LogP contribution in [0, 0.1) is 0 Å². The van der Waals surface area contributed by atoms with Gasteiger partial charge in [0.15, 0.2) is 0 Å². The zero-order chi connectivity index (χ0) is 12.9. The normalized spacial score (nSPS) is 15.6. The van der Waals surface area contributed by atoms with Crippen molar-refractivity contribution in [3.8, 4) is 0 Å². The minimum atomic E-state index is -0.961. The zero-order valence-electron chi connectivity index (χ0n) is 10.9. The van der Waals surface area contributed by atoms with Crippen LogP contribution in [0.25, 0.3) is 0 Å². The fourth-order valence-corrected chi connectivity index (χ4v) is 1.72. The lowest BCUT2D eigenvalue weighted by Gasteiger charge is -2.31. The molecule has 0 radical (unpaired) electrons. The molecule has 17 heavy (non-hydrogen) atoms. The average molecular weight is 237 g/mol. The van der Waals surface area contributed by atoms with Gasteiger partial charge >= 0.3 is 0 Å². The summed E-state index contributed by atoms with van der Waals surface area (Å²) < 4.78 is 5.36. The van der Waals surface area contributed by atoms with Crippen molar-refractivity contribution in [2.75, 3.05) is 13.7 Å². The summed E-state index contributed by atoms with van der Waals surface area (Å²) in [5.41, 5.74) is 5.39. The van der Waals surface area contributed by atoms with Crippen LogP contribution in [0.15, 0.2) is 30.3 Å². The molecule has 3 nitrogen and oxygen atoms in total. The first kappa shape index (κ1) is 14.2. The van der Waals surface area contributed by atoms with Crippen molar-refractivity contribution in [3.05, 3.63) is 35.9 Å². The molecule has 3 heteroatoms. The van der Waals surface area contributed by atoms with Crippen LogP contribution in [-0.4, -0.2) is 24.4 Å². The summed E-state index contributed by atoms with van der Waals surface area (Å²) >= 11 is 0. The fraction of sp³-hybridized carbons (Fsp3) is 0.571. The third-order valence-electron chi connectivity index (χ3n) is 3.34. The van der Waals surface area contributed by atoms with E-state index in [-0.39, 0.29) is 12.1 Å². The molecule has 0 spiro atoms. The van der Waals surface area contributed by atoms with Crippen molar-refractivity contribution in [1.82, 2.24) is 0 Å². The van der Waals surface area contributed by atoms with Crippen LogP contribution in [0.1, 0.15) is 32.3 Å². The van der Waals surface area contributed by atoms with Gasteiger partial charge in [0.2, 0.25) is 0 Å². The molecule has 0 aliphatic rings. The summed E-state index contributed by atoms with van der Waals surface area (Å²) in [6.07, 6.45) is 1.35. The maximum atomic E-state index is 10.6. The molecular formula is C14H23NO2. The number of hydrogen-bond donors (Lipinski definition) is 2. The van der Waals surface area contributed by atoms with E-state index in [1.165, 1.54) is 0 Å². The first-order valence-electron chi connectivity index (χ1n) is 5.97. The lowest BCUT2D eigenvalue weighted by Crippen LogP contribution is -2.37. The molecule has 0 fully saturated rings. The van der Waals surface area contributed by atoms with E-state index < -0.39 is 5.60 Å². The van der Waals surface area contributed by atoms with Crippen LogP contribution >= 0.6 is 0 Å². The van der Waals surface area contributed by atoms with Gasteiger partial charge in [-0.15, -0.1) is 0 Å². The predicted molar refractivity (Wildman–Crippen MR) is 69.7 cm³/mol. The Morgan fingerprint density at radius 1 is 1.18 bits per heavy atom. The highest BCUT2D eigenvalue weighted by Crippen LogP contribution is 2.29. The largest absolute Gasteiger partial charge is 0.384 e. The highest BCUT2D eigenvalue weighted by molar-refractivity contribution is 5.22. The maximum Gasteiger partial charge on any atom is 0.102 e. The monoisotopic (exact) mass is 237 g/mol. The summed E-state index contributed by atoms with van der Waals surface area (Å²) in [5, 5.41) is 10.6. The number of ether oxygens (including phenoxy) is 1. The van der Waals surface area contributed by atoms with Gasteiger partial charge in [-0.2, -0.15) is 0 Å². The lowest BCUT2D eigenvalue weighted by molar-refractivity contribution is -0.0249. The molecule has 0 saturated heterocycles. The minimum absolute atomic E-state index is 0.219. The van der Waals surface area contributed by atoms with Crippen molar-refractivity contribution in [2.45, 2.75) is 37.9 Å². The molecule has 0 amide bonds. The molecule has 1 aromatic rings. The summed E-state index contributed by atoms with van der Waals surface area (Å²) in [6.45, 7) is 4.24. The van der Waals surface area contributed by atoms with Gasteiger partial charge in [-0.1, -0.05) is 30.3 Å². The van der Waals surface area contributed by atoms with Crippen LogP contribution in [-0.2, 0) is 10.3 Å². The van der Waals surface area contributed by atoms with E-state index in [1.54, 1.807) is 7.11 Å². The molecule has 1 rings (SSSR count). The summed E-state index contributed by atoms with van der Waals surface area (Å²) in [6, 6.07) is 9.58. The zero-order valence-corrected chi connectivity index (χ0v) is 10.9. The van der Waals surface area contributed by atoms with Crippen LogP contribution in [0.5, 0.6) is 0 Å². The second-order valence-corrected chi connectivity index (χ2v) is 5.07. The summed E-state index contributed by atoms with van der Waals surface area (Å²) in [7, 11) is 1.68. The number of benzene rings is 1. The Bertz CT molecular complexity index is 337. The maximum absolute atomic E-state index is 10.6. The van der Waals surface area contributed by atoms with Crippen molar-refractivity contribution < 1.29 is 9.84 Å². The highest BCUT2D eigenvalue weighted by Gasteiger charge is 2.30. The van der Waals surface area contributed by atoms with Crippen LogP contribution in [0.4, 0.5) is 0 Å². The van der Waals surface area contributed by atoms with Gasteiger partial charge in [0.1, 0.15) is 5.60 Å². The predicted octanol–water partition coefficient (Wildman–Crippen LogP) is 2.04. The smallest absolute Gasteiger partial charge is 0.102 e. The van der Waals surface area contributed by atoms with Crippen molar-refractivity contribution in [3.63, 3.8) is 0 Å². The molecule has 0 aromatic heterocycles. The molecule has 1 aromatic carbocycles. The van der Waals surface area contributed by atoms with Gasteiger partial charge in [0, 0.05) is 13.7 Å². The highest BCUT2D eigenvalue weighted by atomic mass is 16.5. The summed E-state index contributed by atoms with van der Waals surface area (Å²) in [5.74, 6) is 0. The third kappa shape index (κ3) is 3.80. The molecule has 0 heterocycles. The fourth-order valence-electron chi connectivity index (χ4n) is 1.72. The topological polar surface area (TPSA) is 55.5 Å². The number of methoxy groups -OCH3 is 1. The Balaban J connectivity index is 2.77. The lowest BCUT2D eigenvalue weighted by atomic mass is 9.85. The van der Waals surface area contributed by atoms with Gasteiger partial charge in [0.25, 0.3) is 0 Å². The molecule has 0 saturated carbocycles. The molecule has 3 N–H and O–H groups in total. The molecule has 0 aliphatic heterocycles. The van der Waals surface area contributed by atoms with E-state index >= 15 is 0 Å². The second-order valence-electron chi connectivity index (χ2n) is 5.07. The first-order chi connectivity index (χ1) is 7.93. The van der Waals surface area contributed by atoms with Gasteiger partial charge < -0.3 is 15.6 Å². The molecule has 1 atom stereocenters. The van der Waals surface area contributed by atoms with Gasteiger partial charge in [0.05, 0.1) is 5.60 Å². The van der Waals surface area contributed by atoms with E-state index in [9.17, 15) is 5.11 Å². The Labute approximate surface area is 104 Å². The molecular weight excluding hydrogens is 214 g/mol. The average Bonchev–Trinajstić information content (AvgIpc) is 2.37. The number of hydrogen-bond acceptors (Lipinski definition) is 3. The van der Waals surface area contributed by atoms with E-state index in [0.29, 0.717) is 6.42 Å². The molecule has 96 valence electrons. The van der Waals surface area contributed by atoms with Gasteiger partial charge in [-0.25, -0.2) is 0 Å². The van der Waals surface area contributed by atoms with E-state index in [0.717, 1.165) is 12.0 Å². The second kappa shape index (κ2) is 5.63. The quantitative estimate of drug-likeness (QED) is 0.796. The van der Waals surface area contributed by atoms with Crippen molar-refractivity contribution in [2.24, 2.45) is 5.73 Å². The third-order valence-corrected chi connectivity index (χ3v) is 3.34. The minimum Gasteiger partial charge on any atom is -0.384 e. The Kier molecular flexibility index (Phi) is 4.69. The Hall–Kier alpha value is -0.900.